The van der Waals surface area contributed by atoms with Gasteiger partial charge in [-0.25, -0.2) is 0 Å². The van der Waals surface area contributed by atoms with Crippen LogP contribution in [0.15, 0.2) is 30.7 Å². The Bertz CT molecular complexity index is 1430. The summed E-state index contributed by atoms with van der Waals surface area (Å²) in [4.78, 5) is 6.54. The zero-order valence-corrected chi connectivity index (χ0v) is 21.9. The number of fused-ring (bicyclic) bond motifs is 3. The number of aryl methyl sites for hydroxylation is 1. The van der Waals surface area contributed by atoms with Crippen molar-refractivity contribution < 1.29 is 4.74 Å². The molecule has 6 heteroatoms. The Hall–Kier alpha value is -2.70. The van der Waals surface area contributed by atoms with E-state index in [0.29, 0.717) is 17.9 Å². The summed E-state index contributed by atoms with van der Waals surface area (Å²) in [5.74, 6) is 2.80. The molecule has 2 saturated heterocycles. The van der Waals surface area contributed by atoms with E-state index in [-0.39, 0.29) is 0 Å². The first-order valence-corrected chi connectivity index (χ1v) is 13.7. The number of benzene rings is 1. The van der Waals surface area contributed by atoms with Gasteiger partial charge in [-0.3, -0.25) is 9.30 Å². The van der Waals surface area contributed by atoms with Crippen LogP contribution in [0.25, 0.3) is 27.8 Å². The smallest absolute Gasteiger partial charge is 0.163 e. The number of rotatable bonds is 4. The lowest BCUT2D eigenvalue weighted by Gasteiger charge is -2.24. The molecule has 0 bridgehead atoms. The van der Waals surface area contributed by atoms with Gasteiger partial charge in [-0.2, -0.15) is 0 Å². The average Bonchev–Trinajstić information content (AvgIpc) is 3.67. The highest BCUT2D eigenvalue weighted by molar-refractivity contribution is 5.92. The lowest BCUT2D eigenvalue weighted by molar-refractivity contribution is 0.153. The maximum Gasteiger partial charge on any atom is 0.163 e. The Morgan fingerprint density at radius 2 is 1.89 bits per heavy atom. The minimum Gasteiger partial charge on any atom is -0.380 e. The van der Waals surface area contributed by atoms with Crippen molar-refractivity contribution in [1.29, 1.82) is 0 Å². The van der Waals surface area contributed by atoms with Gasteiger partial charge in [0.2, 0.25) is 0 Å². The highest BCUT2D eigenvalue weighted by Crippen LogP contribution is 2.48. The monoisotopic (exact) mass is 483 g/mol. The van der Waals surface area contributed by atoms with E-state index < -0.39 is 0 Å². The quantitative estimate of drug-likeness (QED) is 0.397. The van der Waals surface area contributed by atoms with Gasteiger partial charge in [0, 0.05) is 48.4 Å². The molecule has 3 unspecified atom stereocenters. The van der Waals surface area contributed by atoms with Gasteiger partial charge < -0.3 is 9.72 Å². The number of likely N-dealkylation sites (tertiary alicyclic amines) is 1. The number of hydrogen-bond donors (Lipinski definition) is 1. The summed E-state index contributed by atoms with van der Waals surface area (Å²) in [7, 11) is 0. The Morgan fingerprint density at radius 3 is 2.61 bits per heavy atom. The first-order valence-electron chi connectivity index (χ1n) is 13.7. The van der Waals surface area contributed by atoms with Crippen molar-refractivity contribution >= 4 is 16.6 Å². The van der Waals surface area contributed by atoms with Gasteiger partial charge in [-0.05, 0) is 91.2 Å². The third-order valence-corrected chi connectivity index (χ3v) is 9.53. The fraction of sp³-hybridized carbons (Fsp3) is 0.533. The summed E-state index contributed by atoms with van der Waals surface area (Å²) < 4.78 is 7.72. The van der Waals surface area contributed by atoms with Crippen LogP contribution >= 0.6 is 0 Å². The van der Waals surface area contributed by atoms with E-state index in [9.17, 15) is 0 Å². The van der Waals surface area contributed by atoms with Crippen LogP contribution in [0.1, 0.15) is 67.2 Å². The van der Waals surface area contributed by atoms with E-state index in [2.05, 4.69) is 76.6 Å². The number of nitrogens with one attached hydrogen (secondary N) is 1. The van der Waals surface area contributed by atoms with Crippen LogP contribution in [0.2, 0.25) is 0 Å². The molecule has 1 saturated carbocycles. The highest BCUT2D eigenvalue weighted by Gasteiger charge is 2.43. The standard InChI is InChI=1S/C30H37N5O/c1-17(2)28-25-11-20(21-9-22-12-34(13-23(22)10-21)24-7-8-36-15-24)5-6-27(25)32-29(28)26-14-35-16-31-33-30(35)19(4)18(26)3/h5-6,11,14,16-17,21-24,32H,7-10,12-13,15H2,1-4H3. The molecule has 2 aliphatic heterocycles. The van der Waals surface area contributed by atoms with E-state index >= 15 is 0 Å². The van der Waals surface area contributed by atoms with Crippen LogP contribution in [0.5, 0.6) is 0 Å². The highest BCUT2D eigenvalue weighted by atomic mass is 16.5. The largest absolute Gasteiger partial charge is 0.380 e. The summed E-state index contributed by atoms with van der Waals surface area (Å²) in [6.45, 7) is 13.4. The van der Waals surface area contributed by atoms with Crippen molar-refractivity contribution in [2.24, 2.45) is 11.8 Å². The summed E-state index contributed by atoms with van der Waals surface area (Å²) in [6, 6.07) is 7.90. The number of ether oxygens (including phenoxy) is 1. The van der Waals surface area contributed by atoms with Gasteiger partial charge >= 0.3 is 0 Å². The van der Waals surface area contributed by atoms with Gasteiger partial charge in [0.15, 0.2) is 5.65 Å². The van der Waals surface area contributed by atoms with Crippen LogP contribution < -0.4 is 0 Å². The molecule has 3 atom stereocenters. The van der Waals surface area contributed by atoms with Crippen molar-refractivity contribution in [2.45, 2.75) is 64.8 Å². The zero-order valence-electron chi connectivity index (χ0n) is 21.9. The molecule has 188 valence electrons. The molecule has 1 aliphatic carbocycles. The number of pyridine rings is 1. The van der Waals surface area contributed by atoms with Crippen LogP contribution in [0, 0.1) is 25.7 Å². The van der Waals surface area contributed by atoms with Crippen molar-refractivity contribution in [1.82, 2.24) is 24.5 Å². The van der Waals surface area contributed by atoms with Gasteiger partial charge in [0.05, 0.1) is 12.3 Å². The summed E-state index contributed by atoms with van der Waals surface area (Å²) >= 11 is 0. The van der Waals surface area contributed by atoms with Crippen LogP contribution in [-0.2, 0) is 4.74 Å². The third-order valence-electron chi connectivity index (χ3n) is 9.53. The van der Waals surface area contributed by atoms with E-state index in [1.165, 1.54) is 76.8 Å². The van der Waals surface area contributed by atoms with Crippen molar-refractivity contribution in [2.75, 3.05) is 26.3 Å². The second-order valence-corrected chi connectivity index (χ2v) is 11.9. The Labute approximate surface area is 213 Å². The summed E-state index contributed by atoms with van der Waals surface area (Å²) in [5.41, 5.74) is 10.1. The van der Waals surface area contributed by atoms with Crippen molar-refractivity contribution in [3.63, 3.8) is 0 Å². The molecule has 0 amide bonds. The summed E-state index contributed by atoms with van der Waals surface area (Å²) in [6.07, 6.45) is 7.87. The topological polar surface area (TPSA) is 58.5 Å². The minimum absolute atomic E-state index is 0.422. The Balaban J connectivity index is 1.23. The lowest BCUT2D eigenvalue weighted by Crippen LogP contribution is -2.34. The second-order valence-electron chi connectivity index (χ2n) is 11.9. The lowest BCUT2D eigenvalue weighted by atomic mass is 9.90. The number of H-pyrrole nitrogens is 1. The predicted molar refractivity (Wildman–Crippen MR) is 144 cm³/mol. The first-order chi connectivity index (χ1) is 17.5. The van der Waals surface area contributed by atoms with Gasteiger partial charge in [-0.15, -0.1) is 10.2 Å². The molecule has 0 spiro atoms. The van der Waals surface area contributed by atoms with Crippen molar-refractivity contribution in [3.8, 4) is 11.3 Å². The number of aromatic amines is 1. The molecule has 7 rings (SSSR count). The third kappa shape index (κ3) is 3.45. The SMILES string of the molecule is Cc1c(-c2[nH]c3ccc(C4CC5CN(C6CCOC6)CC5C4)cc3c2C(C)C)cn2cnnc2c1C. The van der Waals surface area contributed by atoms with E-state index in [4.69, 9.17) is 4.74 Å². The molecule has 1 N–H and O–H groups in total. The molecule has 6 nitrogen and oxygen atoms in total. The van der Waals surface area contributed by atoms with Crippen LogP contribution in [0.3, 0.4) is 0 Å². The van der Waals surface area contributed by atoms with Gasteiger partial charge in [0.1, 0.15) is 6.33 Å². The fourth-order valence-corrected chi connectivity index (χ4v) is 7.48. The fourth-order valence-electron chi connectivity index (χ4n) is 7.48. The number of nitrogens with zero attached hydrogens (tertiary/aromatic N) is 4. The number of hydrogen-bond acceptors (Lipinski definition) is 4. The molecule has 5 heterocycles. The van der Waals surface area contributed by atoms with E-state index in [1.807, 2.05) is 0 Å². The van der Waals surface area contributed by atoms with E-state index in [1.54, 1.807) is 6.33 Å². The zero-order chi connectivity index (χ0) is 24.6. The average molecular weight is 484 g/mol. The molecule has 4 aromatic rings. The normalized spacial score (nSPS) is 26.7. The number of aromatic nitrogens is 4. The summed E-state index contributed by atoms with van der Waals surface area (Å²) in [5, 5.41) is 9.84. The molecule has 3 aromatic heterocycles. The molecule has 3 fully saturated rings. The Morgan fingerprint density at radius 1 is 1.08 bits per heavy atom. The molecule has 0 radical (unpaired) electrons. The van der Waals surface area contributed by atoms with Gasteiger partial charge in [-0.1, -0.05) is 19.9 Å². The predicted octanol–water partition coefficient (Wildman–Crippen LogP) is 5.83. The molecule has 3 aliphatic rings. The minimum atomic E-state index is 0.422. The molecular formula is C30H37N5O. The van der Waals surface area contributed by atoms with Crippen LogP contribution in [0.4, 0.5) is 0 Å². The Kier molecular flexibility index (Phi) is 5.26. The first kappa shape index (κ1) is 22.5. The molecule has 1 aromatic carbocycles. The maximum absolute atomic E-state index is 5.67. The van der Waals surface area contributed by atoms with Crippen molar-refractivity contribution in [3.05, 3.63) is 53.0 Å². The molecule has 36 heavy (non-hydrogen) atoms. The molecular weight excluding hydrogens is 446 g/mol. The maximum atomic E-state index is 5.67. The van der Waals surface area contributed by atoms with E-state index in [0.717, 1.165) is 30.7 Å². The second kappa shape index (κ2) is 8.42. The van der Waals surface area contributed by atoms with Crippen LogP contribution in [-0.4, -0.2) is 56.8 Å². The van der Waals surface area contributed by atoms with Gasteiger partial charge in [0.25, 0.3) is 0 Å².